The molecule has 0 atom stereocenters. The quantitative estimate of drug-likeness (QED) is 0.532. The zero-order valence-electron chi connectivity index (χ0n) is 19.1. The van der Waals surface area contributed by atoms with Crippen molar-refractivity contribution in [2.24, 2.45) is 0 Å². The summed E-state index contributed by atoms with van der Waals surface area (Å²) < 4.78 is 38.9. The Kier molecular flexibility index (Phi) is 10.4. The molecule has 0 aliphatic carbocycles. The van der Waals surface area contributed by atoms with Gasteiger partial charge in [0.1, 0.15) is 0 Å². The molecule has 2 aromatic rings. The molecule has 2 heterocycles. The molecule has 2 aliphatic rings. The Hall–Kier alpha value is -2.33. The molecule has 0 spiro atoms. The summed E-state index contributed by atoms with van der Waals surface area (Å²) in [6, 6.07) is 15.1. The first-order valence-corrected chi connectivity index (χ1v) is 11.0. The molecule has 0 bridgehead atoms. The van der Waals surface area contributed by atoms with Crippen LogP contribution in [0.5, 0.6) is 0 Å². The maximum atomic E-state index is 13.0. The number of carbonyl (C=O) groups is 2. The van der Waals surface area contributed by atoms with Crippen molar-refractivity contribution in [2.45, 2.75) is 12.7 Å². The summed E-state index contributed by atoms with van der Waals surface area (Å²) in [7, 11) is 0. The molecule has 2 fully saturated rings. The monoisotopic (exact) mass is 532 g/mol. The number of amides is 2. The Morgan fingerprint density at radius 2 is 1.37 bits per heavy atom. The number of imide groups is 1. The Balaban J connectivity index is 0.00000216. The second-order valence-corrected chi connectivity index (χ2v) is 8.45. The third-order valence-electron chi connectivity index (χ3n) is 6.12. The van der Waals surface area contributed by atoms with Gasteiger partial charge in [0.05, 0.1) is 18.7 Å². The van der Waals surface area contributed by atoms with Gasteiger partial charge < -0.3 is 4.90 Å². The van der Waals surface area contributed by atoms with Crippen molar-refractivity contribution in [1.82, 2.24) is 14.7 Å². The zero-order valence-corrected chi connectivity index (χ0v) is 20.7. The smallest absolute Gasteiger partial charge is 0.369 e. The van der Waals surface area contributed by atoms with Crippen LogP contribution >= 0.6 is 24.8 Å². The van der Waals surface area contributed by atoms with Gasteiger partial charge in [-0.1, -0.05) is 36.4 Å². The number of alkyl halides is 3. The van der Waals surface area contributed by atoms with Crippen LogP contribution in [0.3, 0.4) is 0 Å². The fourth-order valence-electron chi connectivity index (χ4n) is 4.30. The first-order valence-electron chi connectivity index (χ1n) is 11.0. The summed E-state index contributed by atoms with van der Waals surface area (Å²) in [5.74, 6) is -0.380. The molecule has 2 amide bonds. The molecule has 0 radical (unpaired) electrons. The van der Waals surface area contributed by atoms with E-state index in [9.17, 15) is 22.8 Å². The number of nitrogens with zero attached hydrogens (tertiary/aromatic N) is 4. The van der Waals surface area contributed by atoms with Crippen molar-refractivity contribution in [2.75, 3.05) is 57.3 Å². The average Bonchev–Trinajstić information content (AvgIpc) is 2.79. The van der Waals surface area contributed by atoms with Gasteiger partial charge in [-0.3, -0.25) is 24.3 Å². The zero-order chi connectivity index (χ0) is 23.4. The van der Waals surface area contributed by atoms with E-state index in [-0.39, 0.29) is 49.7 Å². The van der Waals surface area contributed by atoms with Gasteiger partial charge in [0.25, 0.3) is 0 Å². The maximum absolute atomic E-state index is 13.0. The minimum atomic E-state index is -4.36. The second-order valence-electron chi connectivity index (χ2n) is 8.45. The van der Waals surface area contributed by atoms with E-state index in [0.29, 0.717) is 51.5 Å². The lowest BCUT2D eigenvalue weighted by Crippen LogP contribution is -2.56. The molecule has 6 nitrogen and oxygen atoms in total. The van der Waals surface area contributed by atoms with Gasteiger partial charge in [-0.25, -0.2) is 0 Å². The van der Waals surface area contributed by atoms with Crippen LogP contribution in [0.1, 0.15) is 11.1 Å². The standard InChI is InChI=1S/C24H27F3N4O2.2ClH/c25-24(26,27)20-7-4-8-21(15-20)30-12-9-28(10-13-30)11-14-31-22(32)17-29(18-23(31)33)16-19-5-2-1-3-6-19;;/h1-8,15H,9-14,16-18H2;2*1H. The molecular formula is C24H29Cl2F3N4O2. The number of hydrogen-bond donors (Lipinski definition) is 0. The molecule has 2 aliphatic heterocycles. The third-order valence-corrected chi connectivity index (χ3v) is 6.12. The van der Waals surface area contributed by atoms with Crippen LogP contribution in [0, 0.1) is 0 Å². The molecular weight excluding hydrogens is 504 g/mol. The fourth-order valence-corrected chi connectivity index (χ4v) is 4.30. The second kappa shape index (κ2) is 12.6. The third kappa shape index (κ3) is 7.57. The molecule has 2 aromatic carbocycles. The van der Waals surface area contributed by atoms with E-state index in [1.54, 1.807) is 6.07 Å². The topological polar surface area (TPSA) is 47.1 Å². The summed E-state index contributed by atoms with van der Waals surface area (Å²) >= 11 is 0. The van der Waals surface area contributed by atoms with Crippen LogP contribution in [0.25, 0.3) is 0 Å². The first-order chi connectivity index (χ1) is 15.8. The van der Waals surface area contributed by atoms with E-state index >= 15 is 0 Å². The number of hydrogen-bond acceptors (Lipinski definition) is 5. The summed E-state index contributed by atoms with van der Waals surface area (Å²) in [6.07, 6.45) is -4.36. The normalized spacial score (nSPS) is 17.7. The number of rotatable bonds is 6. The Bertz CT molecular complexity index is 968. The lowest BCUT2D eigenvalue weighted by molar-refractivity contribution is -0.151. The molecule has 35 heavy (non-hydrogen) atoms. The average molecular weight is 533 g/mol. The van der Waals surface area contributed by atoms with Crippen molar-refractivity contribution in [3.8, 4) is 0 Å². The molecule has 4 rings (SSSR count). The van der Waals surface area contributed by atoms with Crippen LogP contribution in [0.2, 0.25) is 0 Å². The predicted octanol–water partition coefficient (Wildman–Crippen LogP) is 3.54. The lowest BCUT2D eigenvalue weighted by atomic mass is 10.1. The highest BCUT2D eigenvalue weighted by Crippen LogP contribution is 2.31. The number of piperazine rings is 2. The van der Waals surface area contributed by atoms with Crippen molar-refractivity contribution < 1.29 is 22.8 Å². The Morgan fingerprint density at radius 1 is 0.743 bits per heavy atom. The van der Waals surface area contributed by atoms with Crippen LogP contribution in [-0.4, -0.2) is 78.9 Å². The minimum absolute atomic E-state index is 0. The van der Waals surface area contributed by atoms with Crippen molar-refractivity contribution >= 4 is 42.3 Å². The summed E-state index contributed by atoms with van der Waals surface area (Å²) in [4.78, 5) is 32.4. The molecule has 2 saturated heterocycles. The summed E-state index contributed by atoms with van der Waals surface area (Å²) in [5, 5.41) is 0. The van der Waals surface area contributed by atoms with E-state index in [2.05, 4.69) is 4.90 Å². The van der Waals surface area contributed by atoms with Gasteiger partial charge in [-0.2, -0.15) is 13.2 Å². The lowest BCUT2D eigenvalue weighted by Gasteiger charge is -2.38. The SMILES string of the molecule is Cl.Cl.O=C1CN(Cc2ccccc2)CC(=O)N1CCN1CCN(c2cccc(C(F)(F)F)c2)CC1. The van der Waals surface area contributed by atoms with Crippen molar-refractivity contribution in [3.05, 3.63) is 65.7 Å². The first kappa shape index (κ1) is 28.9. The number of carbonyl (C=O) groups excluding carboxylic acids is 2. The van der Waals surface area contributed by atoms with Crippen molar-refractivity contribution in [1.29, 1.82) is 0 Å². The summed E-state index contributed by atoms with van der Waals surface area (Å²) in [5.41, 5.74) is 0.973. The Morgan fingerprint density at radius 3 is 1.97 bits per heavy atom. The van der Waals surface area contributed by atoms with Gasteiger partial charge in [0.2, 0.25) is 11.8 Å². The van der Waals surface area contributed by atoms with E-state index in [1.165, 1.54) is 17.0 Å². The van der Waals surface area contributed by atoms with Gasteiger partial charge in [0, 0.05) is 51.5 Å². The van der Waals surface area contributed by atoms with Crippen molar-refractivity contribution in [3.63, 3.8) is 0 Å². The number of anilines is 1. The van der Waals surface area contributed by atoms with Gasteiger partial charge in [-0.15, -0.1) is 24.8 Å². The number of halogens is 5. The molecule has 0 aromatic heterocycles. The van der Waals surface area contributed by atoms with Crippen LogP contribution in [0.15, 0.2) is 54.6 Å². The van der Waals surface area contributed by atoms with E-state index in [4.69, 9.17) is 0 Å². The highest BCUT2D eigenvalue weighted by atomic mass is 35.5. The highest BCUT2D eigenvalue weighted by Gasteiger charge is 2.32. The minimum Gasteiger partial charge on any atom is -0.369 e. The Labute approximate surface area is 215 Å². The molecule has 11 heteroatoms. The molecule has 0 saturated carbocycles. The molecule has 192 valence electrons. The van der Waals surface area contributed by atoms with Crippen LogP contribution in [-0.2, 0) is 22.3 Å². The van der Waals surface area contributed by atoms with Gasteiger partial charge >= 0.3 is 6.18 Å². The van der Waals surface area contributed by atoms with E-state index < -0.39 is 11.7 Å². The van der Waals surface area contributed by atoms with E-state index in [1.807, 2.05) is 40.1 Å². The van der Waals surface area contributed by atoms with Gasteiger partial charge in [-0.05, 0) is 23.8 Å². The van der Waals surface area contributed by atoms with Crippen LogP contribution < -0.4 is 4.90 Å². The number of benzene rings is 2. The molecule has 0 unspecified atom stereocenters. The largest absolute Gasteiger partial charge is 0.416 e. The summed E-state index contributed by atoms with van der Waals surface area (Å²) in [6.45, 7) is 4.38. The maximum Gasteiger partial charge on any atom is 0.416 e. The van der Waals surface area contributed by atoms with Gasteiger partial charge in [0.15, 0.2) is 0 Å². The predicted molar refractivity (Wildman–Crippen MR) is 133 cm³/mol. The fraction of sp³-hybridized carbons (Fsp3) is 0.417. The highest BCUT2D eigenvalue weighted by molar-refractivity contribution is 5.99. The molecule has 0 N–H and O–H groups in total. The van der Waals surface area contributed by atoms with Crippen LogP contribution in [0.4, 0.5) is 18.9 Å². The van der Waals surface area contributed by atoms with E-state index in [0.717, 1.165) is 11.6 Å².